The lowest BCUT2D eigenvalue weighted by Gasteiger charge is -2.21. The molecule has 0 unspecified atom stereocenters. The molecule has 2 aromatic rings. The minimum Gasteiger partial charge on any atom is -0.374 e. The van der Waals surface area contributed by atoms with Gasteiger partial charge in [-0.2, -0.15) is 16.9 Å². The predicted molar refractivity (Wildman–Crippen MR) is 88.9 cm³/mol. The Labute approximate surface area is 152 Å². The van der Waals surface area contributed by atoms with Crippen LogP contribution in [0.5, 0.6) is 0 Å². The van der Waals surface area contributed by atoms with Crippen molar-refractivity contribution in [2.24, 2.45) is 11.8 Å². The summed E-state index contributed by atoms with van der Waals surface area (Å²) in [6, 6.07) is 1.98. The predicted octanol–water partition coefficient (Wildman–Crippen LogP) is 3.41. The second kappa shape index (κ2) is 5.25. The second-order valence-electron chi connectivity index (χ2n) is 7.74. The van der Waals surface area contributed by atoms with Crippen LogP contribution in [-0.4, -0.2) is 38.5 Å². The summed E-state index contributed by atoms with van der Waals surface area (Å²) < 4.78 is 48.6. The van der Waals surface area contributed by atoms with Crippen LogP contribution in [0, 0.1) is 29.3 Å². The summed E-state index contributed by atoms with van der Waals surface area (Å²) in [5.74, 6) is 1.01. The van der Waals surface area contributed by atoms with Gasteiger partial charge in [-0.3, -0.25) is 0 Å². The van der Waals surface area contributed by atoms with Gasteiger partial charge in [0.1, 0.15) is 5.82 Å². The van der Waals surface area contributed by atoms with Gasteiger partial charge < -0.3 is 4.74 Å². The fourth-order valence-electron chi connectivity index (χ4n) is 4.70. The molecule has 4 fully saturated rings. The number of ether oxygens (including phenoxy) is 1. The number of nitrogens with zero attached hydrogens (tertiary/aromatic N) is 3. The zero-order chi connectivity index (χ0) is 17.6. The average molecular weight is 379 g/mol. The largest absolute Gasteiger partial charge is 0.374 e. The van der Waals surface area contributed by atoms with E-state index in [-0.39, 0.29) is 29.7 Å². The molecule has 0 amide bonds. The van der Waals surface area contributed by atoms with E-state index in [0.29, 0.717) is 23.5 Å². The van der Waals surface area contributed by atoms with Crippen LogP contribution in [-0.2, 0) is 4.74 Å². The van der Waals surface area contributed by atoms with E-state index >= 15 is 0 Å². The molecule has 1 saturated carbocycles. The molecule has 2 bridgehead atoms. The van der Waals surface area contributed by atoms with E-state index in [1.165, 1.54) is 11.1 Å². The van der Waals surface area contributed by atoms with Crippen LogP contribution in [0.3, 0.4) is 0 Å². The van der Waals surface area contributed by atoms with Crippen LogP contribution < -0.4 is 0 Å². The Morgan fingerprint density at radius 3 is 2.46 bits per heavy atom. The minimum atomic E-state index is -1.46. The molecule has 0 radical (unpaired) electrons. The first-order valence-corrected chi connectivity index (χ1v) is 10.1. The van der Waals surface area contributed by atoms with Crippen molar-refractivity contribution < 1.29 is 17.9 Å². The lowest BCUT2D eigenvalue weighted by Crippen LogP contribution is -2.21. The van der Waals surface area contributed by atoms with Crippen LogP contribution in [0.2, 0.25) is 0 Å². The Bertz CT molecular complexity index is 892. The Morgan fingerprint density at radius 2 is 1.85 bits per heavy atom. The number of hydrogen-bond donors (Lipinski definition) is 0. The molecule has 4 nitrogen and oxygen atoms in total. The van der Waals surface area contributed by atoms with Crippen LogP contribution >= 0.6 is 11.8 Å². The van der Waals surface area contributed by atoms with Gasteiger partial charge in [-0.05, 0) is 24.7 Å². The van der Waals surface area contributed by atoms with Gasteiger partial charge in [0.15, 0.2) is 23.3 Å². The molecule has 0 spiro atoms. The summed E-state index contributed by atoms with van der Waals surface area (Å²) in [5.41, 5.74) is 0.178. The molecule has 1 aromatic carbocycles. The number of fused-ring (bicyclic) bond motifs is 5. The fraction of sp³-hybridized carbons (Fsp3) is 0.556. The number of hydrogen-bond acceptors (Lipinski definition) is 4. The first kappa shape index (κ1) is 15.5. The molecule has 1 aromatic heterocycles. The molecule has 3 saturated heterocycles. The van der Waals surface area contributed by atoms with Crippen LogP contribution in [0.4, 0.5) is 13.2 Å². The molecule has 3 aliphatic heterocycles. The van der Waals surface area contributed by atoms with Crippen molar-refractivity contribution in [1.29, 1.82) is 0 Å². The van der Waals surface area contributed by atoms with Gasteiger partial charge in [0.2, 0.25) is 0 Å². The zero-order valence-corrected chi connectivity index (χ0v) is 14.6. The van der Waals surface area contributed by atoms with E-state index in [9.17, 15) is 13.2 Å². The van der Waals surface area contributed by atoms with Crippen molar-refractivity contribution in [3.05, 3.63) is 41.2 Å². The van der Waals surface area contributed by atoms with Crippen molar-refractivity contribution in [3.63, 3.8) is 0 Å². The summed E-state index contributed by atoms with van der Waals surface area (Å²) >= 11 is 1.83. The molecule has 1 aliphatic carbocycles. The minimum absolute atomic E-state index is 0.0777. The maximum atomic E-state index is 13.8. The van der Waals surface area contributed by atoms with Gasteiger partial charge >= 0.3 is 0 Å². The Hall–Kier alpha value is -1.54. The normalized spacial score (nSPS) is 34.8. The molecule has 4 aliphatic rings. The Kier molecular flexibility index (Phi) is 3.13. The van der Waals surface area contributed by atoms with Crippen LogP contribution in [0.15, 0.2) is 12.1 Å². The summed E-state index contributed by atoms with van der Waals surface area (Å²) in [6.45, 7) is 0. The Morgan fingerprint density at radius 1 is 1.08 bits per heavy atom. The van der Waals surface area contributed by atoms with Gasteiger partial charge in [0, 0.05) is 35.5 Å². The van der Waals surface area contributed by atoms with E-state index in [1.54, 1.807) is 0 Å². The monoisotopic (exact) mass is 379 g/mol. The third-order valence-corrected chi connectivity index (χ3v) is 7.48. The van der Waals surface area contributed by atoms with Gasteiger partial charge in [0.05, 0.1) is 17.9 Å². The number of rotatable bonds is 3. The fourth-order valence-corrected chi connectivity index (χ4v) is 5.47. The highest BCUT2D eigenvalue weighted by molar-refractivity contribution is 8.00. The second-order valence-corrected chi connectivity index (χ2v) is 8.82. The molecule has 6 rings (SSSR count). The molecular formula is C18H16F3N3OS. The van der Waals surface area contributed by atoms with E-state index in [2.05, 4.69) is 5.10 Å². The molecular weight excluding hydrogens is 363 g/mol. The van der Waals surface area contributed by atoms with Gasteiger partial charge in [-0.15, -0.1) is 0 Å². The van der Waals surface area contributed by atoms with Crippen molar-refractivity contribution in [2.75, 3.05) is 11.5 Å². The number of halogens is 3. The van der Waals surface area contributed by atoms with Crippen LogP contribution in [0.25, 0.3) is 5.69 Å². The maximum absolute atomic E-state index is 13.8. The number of aromatic nitrogens is 3. The third-order valence-electron chi connectivity index (χ3n) is 6.20. The first-order chi connectivity index (χ1) is 12.6. The van der Waals surface area contributed by atoms with E-state index in [0.717, 1.165) is 30.1 Å². The SMILES string of the molecule is Fc1cc(-n2nc(C3CSC3)nc2[C@@H]2C[C@@H]3O[C@H]2[C@H]2C[C@H]23)cc(F)c1F. The van der Waals surface area contributed by atoms with Crippen LogP contribution in [0.1, 0.15) is 36.3 Å². The molecule has 26 heavy (non-hydrogen) atoms. The highest BCUT2D eigenvalue weighted by Gasteiger charge is 2.63. The molecule has 0 N–H and O–H groups in total. The molecule has 5 atom stereocenters. The number of thioether (sulfide) groups is 1. The van der Waals surface area contributed by atoms with Crippen molar-refractivity contribution in [2.45, 2.75) is 36.9 Å². The lowest BCUT2D eigenvalue weighted by molar-refractivity contribution is 0.0678. The van der Waals surface area contributed by atoms with E-state index in [4.69, 9.17) is 9.72 Å². The van der Waals surface area contributed by atoms with Crippen molar-refractivity contribution >= 4 is 11.8 Å². The molecule has 8 heteroatoms. The van der Waals surface area contributed by atoms with Crippen molar-refractivity contribution in [1.82, 2.24) is 14.8 Å². The highest BCUT2D eigenvalue weighted by Crippen LogP contribution is 2.62. The molecule has 136 valence electrons. The molecule has 4 heterocycles. The Balaban J connectivity index is 1.46. The topological polar surface area (TPSA) is 39.9 Å². The smallest absolute Gasteiger partial charge is 0.194 e. The maximum Gasteiger partial charge on any atom is 0.194 e. The van der Waals surface area contributed by atoms with Crippen molar-refractivity contribution in [3.8, 4) is 5.69 Å². The third kappa shape index (κ3) is 2.08. The highest BCUT2D eigenvalue weighted by atomic mass is 32.2. The van der Waals surface area contributed by atoms with Gasteiger partial charge in [-0.1, -0.05) is 0 Å². The van der Waals surface area contributed by atoms with E-state index < -0.39 is 17.5 Å². The van der Waals surface area contributed by atoms with Gasteiger partial charge in [-0.25, -0.2) is 22.8 Å². The first-order valence-electron chi connectivity index (χ1n) is 8.95. The summed E-state index contributed by atoms with van der Waals surface area (Å²) in [4.78, 5) is 4.76. The summed E-state index contributed by atoms with van der Waals surface area (Å²) in [7, 11) is 0. The standard InChI is InChI=1S/C18H16F3N3OS/c19-12-1-8(2-13(20)15(12)21)24-18(22-17(23-24)7-5-26-6-7)11-4-14-9-3-10(9)16(11)25-14/h1-2,7,9-11,14,16H,3-6H2/t9-,10+,11-,14+,16+/m1/s1. The van der Waals surface area contributed by atoms with Gasteiger partial charge in [0.25, 0.3) is 0 Å². The summed E-state index contributed by atoms with van der Waals surface area (Å²) in [6.07, 6.45) is 2.46. The summed E-state index contributed by atoms with van der Waals surface area (Å²) in [5, 5.41) is 4.56. The quantitative estimate of drug-likeness (QED) is 0.767. The zero-order valence-electron chi connectivity index (χ0n) is 13.7. The lowest BCUT2D eigenvalue weighted by atomic mass is 9.88. The number of benzene rings is 1. The van der Waals surface area contributed by atoms with E-state index in [1.807, 2.05) is 11.8 Å². The average Bonchev–Trinajstić information content (AvgIpc) is 2.95.